The molecule has 1 aliphatic heterocycles. The molecule has 1 heterocycles. The van der Waals surface area contributed by atoms with Crippen LogP contribution in [-0.4, -0.2) is 50.3 Å². The maximum atomic E-state index is 13.2. The monoisotopic (exact) mass is 514 g/mol. The van der Waals surface area contributed by atoms with E-state index in [-0.39, 0.29) is 11.7 Å². The average Bonchev–Trinajstić information content (AvgIpc) is 2.87. The number of hydrazone groups is 1. The second kappa shape index (κ2) is 11.5. The van der Waals surface area contributed by atoms with Crippen LogP contribution in [0.15, 0.2) is 65.8 Å². The first-order chi connectivity index (χ1) is 16.9. The molecule has 0 aliphatic carbocycles. The van der Waals surface area contributed by atoms with Gasteiger partial charge < -0.3 is 9.64 Å². The SMILES string of the molecule is COc1ccc(/C=N/NC(=O)c2ccc(Cl)c(Cl)c2)cc1CN1CCN(c2ccc(F)cc2)CC1. The van der Waals surface area contributed by atoms with E-state index in [1.54, 1.807) is 25.5 Å². The minimum atomic E-state index is -0.382. The lowest BCUT2D eigenvalue weighted by Crippen LogP contribution is -2.46. The molecule has 0 spiro atoms. The molecule has 0 aromatic heterocycles. The molecule has 0 atom stereocenters. The van der Waals surface area contributed by atoms with Gasteiger partial charge in [0.15, 0.2) is 0 Å². The molecule has 0 bridgehead atoms. The van der Waals surface area contributed by atoms with Crippen molar-refractivity contribution in [2.24, 2.45) is 5.10 Å². The molecule has 6 nitrogen and oxygen atoms in total. The molecule has 1 saturated heterocycles. The number of benzene rings is 3. The first-order valence-corrected chi connectivity index (χ1v) is 11.9. The molecule has 1 aliphatic rings. The van der Waals surface area contributed by atoms with Crippen LogP contribution in [0.1, 0.15) is 21.5 Å². The number of nitrogens with zero attached hydrogens (tertiary/aromatic N) is 3. The Morgan fingerprint density at radius 2 is 1.77 bits per heavy atom. The second-order valence-electron chi connectivity index (χ2n) is 8.14. The van der Waals surface area contributed by atoms with Crippen LogP contribution in [0, 0.1) is 5.82 Å². The number of nitrogens with one attached hydrogen (secondary N) is 1. The highest BCUT2D eigenvalue weighted by Gasteiger charge is 2.19. The number of halogens is 3. The number of carbonyl (C=O) groups is 1. The molecular formula is C26H25Cl2FN4O2. The number of carbonyl (C=O) groups excluding carboxylic acids is 1. The van der Waals surface area contributed by atoms with Crippen molar-refractivity contribution < 1.29 is 13.9 Å². The van der Waals surface area contributed by atoms with Crippen molar-refractivity contribution in [1.82, 2.24) is 10.3 Å². The third-order valence-electron chi connectivity index (χ3n) is 5.82. The number of rotatable bonds is 7. The highest BCUT2D eigenvalue weighted by molar-refractivity contribution is 6.42. The summed E-state index contributed by atoms with van der Waals surface area (Å²) >= 11 is 11.9. The Morgan fingerprint density at radius 1 is 1.03 bits per heavy atom. The fourth-order valence-corrected chi connectivity index (χ4v) is 4.22. The topological polar surface area (TPSA) is 57.2 Å². The maximum Gasteiger partial charge on any atom is 0.271 e. The van der Waals surface area contributed by atoms with Gasteiger partial charge in [-0.2, -0.15) is 5.10 Å². The second-order valence-corrected chi connectivity index (χ2v) is 8.95. The number of amides is 1. The van der Waals surface area contributed by atoms with Gasteiger partial charge in [0, 0.05) is 49.5 Å². The summed E-state index contributed by atoms with van der Waals surface area (Å²) in [5.41, 5.74) is 5.77. The Bertz CT molecular complexity index is 1210. The van der Waals surface area contributed by atoms with Gasteiger partial charge in [0.2, 0.25) is 0 Å². The predicted molar refractivity (Wildman–Crippen MR) is 138 cm³/mol. The van der Waals surface area contributed by atoms with E-state index in [2.05, 4.69) is 20.3 Å². The number of methoxy groups -OCH3 is 1. The maximum absolute atomic E-state index is 13.2. The highest BCUT2D eigenvalue weighted by Crippen LogP contribution is 2.24. The first-order valence-electron chi connectivity index (χ1n) is 11.1. The van der Waals surface area contributed by atoms with Gasteiger partial charge >= 0.3 is 0 Å². The van der Waals surface area contributed by atoms with Crippen molar-refractivity contribution in [3.63, 3.8) is 0 Å². The number of hydrogen-bond acceptors (Lipinski definition) is 5. The largest absolute Gasteiger partial charge is 0.496 e. The first kappa shape index (κ1) is 25.0. The van der Waals surface area contributed by atoms with Crippen molar-refractivity contribution >= 4 is 41.0 Å². The van der Waals surface area contributed by atoms with E-state index >= 15 is 0 Å². The fraction of sp³-hybridized carbons (Fsp3) is 0.231. The summed E-state index contributed by atoms with van der Waals surface area (Å²) in [6, 6.07) is 17.0. The van der Waals surface area contributed by atoms with Gasteiger partial charge in [0.25, 0.3) is 5.91 Å². The fourth-order valence-electron chi connectivity index (χ4n) is 3.93. The number of ether oxygens (including phenoxy) is 1. The van der Waals surface area contributed by atoms with E-state index in [4.69, 9.17) is 27.9 Å². The zero-order valence-electron chi connectivity index (χ0n) is 19.2. The lowest BCUT2D eigenvalue weighted by Gasteiger charge is -2.36. The summed E-state index contributed by atoms with van der Waals surface area (Å²) in [7, 11) is 1.65. The van der Waals surface area contributed by atoms with E-state index in [1.165, 1.54) is 18.2 Å². The zero-order valence-corrected chi connectivity index (χ0v) is 20.7. The van der Waals surface area contributed by atoms with Gasteiger partial charge in [0.1, 0.15) is 11.6 Å². The van der Waals surface area contributed by atoms with Crippen LogP contribution in [0.25, 0.3) is 0 Å². The minimum Gasteiger partial charge on any atom is -0.496 e. The molecule has 0 saturated carbocycles. The van der Waals surface area contributed by atoms with Crippen LogP contribution in [0.3, 0.4) is 0 Å². The number of piperazine rings is 1. The van der Waals surface area contributed by atoms with Crippen LogP contribution in [0.2, 0.25) is 10.0 Å². The normalized spacial score (nSPS) is 14.3. The van der Waals surface area contributed by atoms with Gasteiger partial charge in [-0.05, 0) is 66.2 Å². The Balaban J connectivity index is 1.36. The minimum absolute atomic E-state index is 0.225. The highest BCUT2D eigenvalue weighted by atomic mass is 35.5. The van der Waals surface area contributed by atoms with Gasteiger partial charge in [-0.15, -0.1) is 0 Å². The van der Waals surface area contributed by atoms with Crippen molar-refractivity contribution in [3.8, 4) is 5.75 Å². The molecule has 1 fully saturated rings. The molecule has 1 amide bonds. The van der Waals surface area contributed by atoms with E-state index in [0.717, 1.165) is 55.3 Å². The van der Waals surface area contributed by atoms with Gasteiger partial charge in [-0.25, -0.2) is 9.82 Å². The van der Waals surface area contributed by atoms with Crippen LogP contribution in [0.4, 0.5) is 10.1 Å². The van der Waals surface area contributed by atoms with Crippen molar-refractivity contribution in [2.45, 2.75) is 6.54 Å². The van der Waals surface area contributed by atoms with E-state index < -0.39 is 0 Å². The number of anilines is 1. The Morgan fingerprint density at radius 3 is 2.46 bits per heavy atom. The summed E-state index contributed by atoms with van der Waals surface area (Å²) in [6.45, 7) is 4.18. The Kier molecular flexibility index (Phi) is 8.23. The average molecular weight is 515 g/mol. The summed E-state index contributed by atoms with van der Waals surface area (Å²) in [6.07, 6.45) is 1.59. The van der Waals surface area contributed by atoms with Gasteiger partial charge in [-0.3, -0.25) is 9.69 Å². The third-order valence-corrected chi connectivity index (χ3v) is 6.56. The molecular weight excluding hydrogens is 490 g/mol. The van der Waals surface area contributed by atoms with Crippen molar-refractivity contribution in [1.29, 1.82) is 0 Å². The lowest BCUT2D eigenvalue weighted by atomic mass is 10.1. The van der Waals surface area contributed by atoms with Crippen molar-refractivity contribution in [3.05, 3.63) is 93.2 Å². The number of hydrogen-bond donors (Lipinski definition) is 1. The molecule has 3 aromatic carbocycles. The Hall–Kier alpha value is -3.13. The zero-order chi connectivity index (χ0) is 24.8. The van der Waals surface area contributed by atoms with Crippen molar-refractivity contribution in [2.75, 3.05) is 38.2 Å². The van der Waals surface area contributed by atoms with E-state index in [1.807, 2.05) is 30.3 Å². The van der Waals surface area contributed by atoms with Crippen LogP contribution >= 0.6 is 23.2 Å². The van der Waals surface area contributed by atoms with Crippen LogP contribution < -0.4 is 15.1 Å². The summed E-state index contributed by atoms with van der Waals surface area (Å²) in [5, 5.41) is 4.77. The molecule has 35 heavy (non-hydrogen) atoms. The molecule has 4 rings (SSSR count). The van der Waals surface area contributed by atoms with E-state index in [9.17, 15) is 9.18 Å². The molecule has 0 unspecified atom stereocenters. The van der Waals surface area contributed by atoms with Gasteiger partial charge in [-0.1, -0.05) is 23.2 Å². The third kappa shape index (κ3) is 6.51. The summed E-state index contributed by atoms with van der Waals surface area (Å²) in [5.74, 6) is 0.187. The van der Waals surface area contributed by atoms with Crippen LogP contribution in [0.5, 0.6) is 5.75 Å². The lowest BCUT2D eigenvalue weighted by molar-refractivity contribution is 0.0955. The molecule has 0 radical (unpaired) electrons. The summed E-state index contributed by atoms with van der Waals surface area (Å²) < 4.78 is 18.8. The Labute approximate surface area is 213 Å². The van der Waals surface area contributed by atoms with Crippen LogP contribution in [-0.2, 0) is 6.54 Å². The van der Waals surface area contributed by atoms with E-state index in [0.29, 0.717) is 15.6 Å². The van der Waals surface area contributed by atoms with Gasteiger partial charge in [0.05, 0.1) is 23.4 Å². The molecule has 182 valence electrons. The summed E-state index contributed by atoms with van der Waals surface area (Å²) in [4.78, 5) is 16.9. The molecule has 3 aromatic rings. The standard InChI is InChI=1S/C26H25Cl2FN4O2/c1-35-25-9-2-18(16-30-31-26(34)19-3-8-23(27)24(28)15-19)14-20(25)17-32-10-12-33(13-11-32)22-6-4-21(29)5-7-22/h2-9,14-16H,10-13,17H2,1H3,(H,31,34)/b30-16+. The molecule has 9 heteroatoms. The quantitative estimate of drug-likeness (QED) is 0.346. The predicted octanol–water partition coefficient (Wildman–Crippen LogP) is 5.23. The molecule has 1 N–H and O–H groups in total. The smallest absolute Gasteiger partial charge is 0.271 e.